The fourth-order valence-corrected chi connectivity index (χ4v) is 2.50. The fraction of sp³-hybridized carbons (Fsp3) is 0.533. The van der Waals surface area contributed by atoms with Crippen LogP contribution in [-0.4, -0.2) is 41.2 Å². The van der Waals surface area contributed by atoms with Crippen molar-refractivity contribution in [3.8, 4) is 5.75 Å². The van der Waals surface area contributed by atoms with Crippen molar-refractivity contribution in [2.75, 3.05) is 19.7 Å². The number of nitrogens with zero attached hydrogens (tertiary/aromatic N) is 1. The average Bonchev–Trinajstić information content (AvgIpc) is 2.58. The maximum absolute atomic E-state index is 12.1. The van der Waals surface area contributed by atoms with Crippen LogP contribution in [0.2, 0.25) is 5.02 Å². The van der Waals surface area contributed by atoms with E-state index in [1.165, 1.54) is 0 Å². The van der Waals surface area contributed by atoms with Crippen LogP contribution in [0.15, 0.2) is 24.3 Å². The molecule has 20 heavy (non-hydrogen) atoms. The van der Waals surface area contributed by atoms with Crippen molar-refractivity contribution in [3.05, 3.63) is 29.3 Å². The second-order valence-electron chi connectivity index (χ2n) is 5.45. The number of hydrogen-bond acceptors (Lipinski definition) is 3. The first-order valence-corrected chi connectivity index (χ1v) is 7.23. The fourth-order valence-electron chi connectivity index (χ4n) is 2.31. The van der Waals surface area contributed by atoms with Gasteiger partial charge in [-0.25, -0.2) is 0 Å². The van der Waals surface area contributed by atoms with E-state index in [1.54, 1.807) is 17.0 Å². The summed E-state index contributed by atoms with van der Waals surface area (Å²) in [6, 6.07) is 7.09. The molecule has 0 aliphatic carbocycles. The SMILES string of the molecule is CC1(O)CCCN(C(=O)COc2ccccc2Cl)CC1. The van der Waals surface area contributed by atoms with Crippen LogP contribution < -0.4 is 4.74 Å². The number of hydrogen-bond donors (Lipinski definition) is 1. The highest BCUT2D eigenvalue weighted by molar-refractivity contribution is 6.32. The van der Waals surface area contributed by atoms with Crippen molar-refractivity contribution < 1.29 is 14.6 Å². The lowest BCUT2D eigenvalue weighted by atomic mass is 9.98. The summed E-state index contributed by atoms with van der Waals surface area (Å²) >= 11 is 5.97. The van der Waals surface area contributed by atoms with E-state index < -0.39 is 5.60 Å². The summed E-state index contributed by atoms with van der Waals surface area (Å²) in [6.07, 6.45) is 2.14. The Morgan fingerprint density at radius 3 is 2.90 bits per heavy atom. The zero-order valence-electron chi connectivity index (χ0n) is 11.6. The summed E-state index contributed by atoms with van der Waals surface area (Å²) in [5.74, 6) is 0.451. The van der Waals surface area contributed by atoms with Gasteiger partial charge in [0, 0.05) is 13.1 Å². The van der Waals surface area contributed by atoms with Gasteiger partial charge in [-0.2, -0.15) is 0 Å². The van der Waals surface area contributed by atoms with E-state index in [0.717, 1.165) is 12.8 Å². The Kier molecular flexibility index (Phi) is 4.89. The van der Waals surface area contributed by atoms with Crippen LogP contribution in [-0.2, 0) is 4.79 Å². The van der Waals surface area contributed by atoms with Crippen molar-refractivity contribution in [2.45, 2.75) is 31.8 Å². The first-order valence-electron chi connectivity index (χ1n) is 6.85. The molecule has 0 spiro atoms. The molecule has 1 aliphatic heterocycles. The largest absolute Gasteiger partial charge is 0.482 e. The van der Waals surface area contributed by atoms with Crippen LogP contribution in [0.5, 0.6) is 5.75 Å². The number of carbonyl (C=O) groups is 1. The smallest absolute Gasteiger partial charge is 0.260 e. The normalized spacial score (nSPS) is 23.2. The number of rotatable bonds is 3. The second-order valence-corrected chi connectivity index (χ2v) is 5.86. The molecule has 1 N–H and O–H groups in total. The highest BCUT2D eigenvalue weighted by Gasteiger charge is 2.27. The Morgan fingerprint density at radius 1 is 1.40 bits per heavy atom. The summed E-state index contributed by atoms with van der Waals surface area (Å²) in [5.41, 5.74) is -0.668. The molecular weight excluding hydrogens is 278 g/mol. The van der Waals surface area contributed by atoms with Gasteiger partial charge in [-0.3, -0.25) is 4.79 Å². The third kappa shape index (κ3) is 4.12. The van der Waals surface area contributed by atoms with Gasteiger partial charge in [-0.1, -0.05) is 23.7 Å². The topological polar surface area (TPSA) is 49.8 Å². The second kappa shape index (κ2) is 6.46. The Morgan fingerprint density at radius 2 is 2.15 bits per heavy atom. The number of halogens is 1. The van der Waals surface area contributed by atoms with E-state index in [0.29, 0.717) is 30.3 Å². The molecule has 1 saturated heterocycles. The molecule has 1 aromatic rings. The number of aliphatic hydroxyl groups is 1. The lowest BCUT2D eigenvalue weighted by molar-refractivity contribution is -0.133. The minimum atomic E-state index is -0.668. The van der Waals surface area contributed by atoms with Gasteiger partial charge in [0.25, 0.3) is 5.91 Å². The molecule has 2 rings (SSSR count). The lowest BCUT2D eigenvalue weighted by Crippen LogP contribution is -2.36. The van der Waals surface area contributed by atoms with Crippen molar-refractivity contribution in [3.63, 3.8) is 0 Å². The number of para-hydroxylation sites is 1. The van der Waals surface area contributed by atoms with Gasteiger partial charge in [0.2, 0.25) is 0 Å². The Hall–Kier alpha value is -1.26. The molecule has 5 heteroatoms. The minimum Gasteiger partial charge on any atom is -0.482 e. The summed E-state index contributed by atoms with van der Waals surface area (Å²) < 4.78 is 5.46. The highest BCUT2D eigenvalue weighted by atomic mass is 35.5. The van der Waals surface area contributed by atoms with Crippen LogP contribution in [0.3, 0.4) is 0 Å². The van der Waals surface area contributed by atoms with Crippen molar-refractivity contribution in [1.82, 2.24) is 4.90 Å². The van der Waals surface area contributed by atoms with Crippen LogP contribution in [0.4, 0.5) is 0 Å². The predicted molar refractivity (Wildman–Crippen MR) is 78.0 cm³/mol. The first kappa shape index (κ1) is 15.1. The summed E-state index contributed by atoms with van der Waals surface area (Å²) in [4.78, 5) is 13.9. The van der Waals surface area contributed by atoms with E-state index in [9.17, 15) is 9.90 Å². The monoisotopic (exact) mass is 297 g/mol. The molecule has 0 bridgehead atoms. The third-order valence-corrected chi connectivity index (χ3v) is 3.92. The van der Waals surface area contributed by atoms with Gasteiger partial charge in [-0.05, 0) is 38.3 Å². The number of amides is 1. The molecule has 0 radical (unpaired) electrons. The number of benzene rings is 1. The Balaban J connectivity index is 1.87. The maximum Gasteiger partial charge on any atom is 0.260 e. The van der Waals surface area contributed by atoms with Crippen molar-refractivity contribution in [2.24, 2.45) is 0 Å². The molecular formula is C15H20ClNO3. The molecule has 1 aliphatic rings. The van der Waals surface area contributed by atoms with Gasteiger partial charge in [0.1, 0.15) is 5.75 Å². The van der Waals surface area contributed by atoms with Crippen molar-refractivity contribution in [1.29, 1.82) is 0 Å². The van der Waals surface area contributed by atoms with Crippen LogP contribution in [0.25, 0.3) is 0 Å². The predicted octanol–water partition coefficient (Wildman–Crippen LogP) is 2.48. The van der Waals surface area contributed by atoms with Gasteiger partial charge >= 0.3 is 0 Å². The van der Waals surface area contributed by atoms with Gasteiger partial charge in [-0.15, -0.1) is 0 Å². The first-order chi connectivity index (χ1) is 9.48. The standard InChI is InChI=1S/C15H20ClNO3/c1-15(19)7-4-9-17(10-8-15)14(18)11-20-13-6-3-2-5-12(13)16/h2-3,5-6,19H,4,7-11H2,1H3. The van der Waals surface area contributed by atoms with Crippen LogP contribution in [0.1, 0.15) is 26.2 Å². The molecule has 1 heterocycles. The van der Waals surface area contributed by atoms with E-state index in [4.69, 9.17) is 16.3 Å². The van der Waals surface area contributed by atoms with E-state index >= 15 is 0 Å². The molecule has 1 amide bonds. The third-order valence-electron chi connectivity index (χ3n) is 3.60. The number of likely N-dealkylation sites (tertiary alicyclic amines) is 1. The van der Waals surface area contributed by atoms with Gasteiger partial charge in [0.05, 0.1) is 10.6 Å². The molecule has 4 nitrogen and oxygen atoms in total. The zero-order chi connectivity index (χ0) is 14.6. The van der Waals surface area contributed by atoms with E-state index in [1.807, 2.05) is 19.1 Å². The average molecular weight is 298 g/mol. The molecule has 0 aromatic heterocycles. The molecule has 1 unspecified atom stereocenters. The lowest BCUT2D eigenvalue weighted by Gasteiger charge is -2.22. The zero-order valence-corrected chi connectivity index (χ0v) is 12.4. The van der Waals surface area contributed by atoms with Crippen molar-refractivity contribution >= 4 is 17.5 Å². The molecule has 110 valence electrons. The quantitative estimate of drug-likeness (QED) is 0.932. The van der Waals surface area contributed by atoms with Crippen LogP contribution in [0, 0.1) is 0 Å². The molecule has 1 fully saturated rings. The van der Waals surface area contributed by atoms with Gasteiger partial charge in [0.15, 0.2) is 6.61 Å². The summed E-state index contributed by atoms with van der Waals surface area (Å²) in [7, 11) is 0. The summed E-state index contributed by atoms with van der Waals surface area (Å²) in [5, 5.41) is 10.5. The van der Waals surface area contributed by atoms with Crippen LogP contribution >= 0.6 is 11.6 Å². The Bertz CT molecular complexity index is 476. The number of carbonyl (C=O) groups excluding carboxylic acids is 1. The van der Waals surface area contributed by atoms with E-state index in [2.05, 4.69) is 0 Å². The molecule has 1 aromatic carbocycles. The molecule has 0 saturated carbocycles. The minimum absolute atomic E-state index is 0.0219. The van der Waals surface area contributed by atoms with Gasteiger partial charge < -0.3 is 14.7 Å². The van der Waals surface area contributed by atoms with E-state index in [-0.39, 0.29) is 12.5 Å². The maximum atomic E-state index is 12.1. The summed E-state index contributed by atoms with van der Waals surface area (Å²) in [6.45, 7) is 3.03. The highest BCUT2D eigenvalue weighted by Crippen LogP contribution is 2.24. The molecule has 1 atom stereocenters. The Labute approximate surface area is 124 Å². The number of ether oxygens (including phenoxy) is 1.